The fourth-order valence-electron chi connectivity index (χ4n) is 4.23. The van der Waals surface area contributed by atoms with E-state index in [4.69, 9.17) is 9.47 Å². The molecule has 2 aliphatic heterocycles. The summed E-state index contributed by atoms with van der Waals surface area (Å²) >= 11 is 0. The van der Waals surface area contributed by atoms with Gasteiger partial charge in [0.15, 0.2) is 5.78 Å². The van der Waals surface area contributed by atoms with Crippen LogP contribution in [0.15, 0.2) is 24.3 Å². The van der Waals surface area contributed by atoms with Crippen molar-refractivity contribution in [3.05, 3.63) is 29.8 Å². The Kier molecular flexibility index (Phi) is 10.1. The number of benzene rings is 1. The Morgan fingerprint density at radius 3 is 2.34 bits per heavy atom. The van der Waals surface area contributed by atoms with Gasteiger partial charge in [0.1, 0.15) is 5.75 Å². The summed E-state index contributed by atoms with van der Waals surface area (Å²) in [5.74, 6) is 1.00. The monoisotopic (exact) mass is 404 g/mol. The SMILES string of the molecule is CC.C[C@@H]1CN(CC(=O)c2ccc(OCCCN3CCC[C@H]3C)cc2)C[C@H](C)O1. The van der Waals surface area contributed by atoms with Crippen LogP contribution < -0.4 is 4.74 Å². The van der Waals surface area contributed by atoms with Crippen molar-refractivity contribution in [2.45, 2.75) is 72.1 Å². The Balaban J connectivity index is 0.00000145. The molecule has 3 rings (SSSR count). The van der Waals surface area contributed by atoms with E-state index in [9.17, 15) is 4.79 Å². The summed E-state index contributed by atoms with van der Waals surface area (Å²) in [6.07, 6.45) is 4.04. The van der Waals surface area contributed by atoms with Crippen LogP contribution in [0.1, 0.15) is 64.2 Å². The van der Waals surface area contributed by atoms with Gasteiger partial charge in [-0.2, -0.15) is 0 Å². The van der Waals surface area contributed by atoms with Crippen LogP contribution in [-0.4, -0.2) is 73.2 Å². The molecule has 164 valence electrons. The first-order valence-electron chi connectivity index (χ1n) is 11.4. The van der Waals surface area contributed by atoms with Gasteiger partial charge in [0.05, 0.1) is 25.4 Å². The van der Waals surface area contributed by atoms with Crippen LogP contribution in [0.2, 0.25) is 0 Å². The minimum atomic E-state index is 0.158. The Morgan fingerprint density at radius 1 is 1.10 bits per heavy atom. The Labute approximate surface area is 177 Å². The first kappa shape index (κ1) is 23.8. The maximum atomic E-state index is 12.5. The van der Waals surface area contributed by atoms with Gasteiger partial charge in [0.25, 0.3) is 0 Å². The standard InChI is InChI=1S/C22H34N2O3.C2H6/c1-17-6-4-11-24(17)12-5-13-26-21-9-7-20(8-10-21)22(25)16-23-14-18(2)27-19(3)15-23;1-2/h7-10,17-19H,4-6,11-16H2,1-3H3;1-2H3/t17-,18-,19+;/m1./s1. The molecule has 0 radical (unpaired) electrons. The van der Waals surface area contributed by atoms with Gasteiger partial charge in [0, 0.05) is 31.2 Å². The molecule has 29 heavy (non-hydrogen) atoms. The number of ether oxygens (including phenoxy) is 2. The Bertz CT molecular complexity index is 595. The second-order valence-corrected chi connectivity index (χ2v) is 8.13. The lowest BCUT2D eigenvalue weighted by Crippen LogP contribution is -2.47. The molecule has 2 fully saturated rings. The molecule has 5 nitrogen and oxygen atoms in total. The summed E-state index contributed by atoms with van der Waals surface area (Å²) in [6.45, 7) is 15.5. The van der Waals surface area contributed by atoms with Crippen molar-refractivity contribution in [3.63, 3.8) is 0 Å². The van der Waals surface area contributed by atoms with Gasteiger partial charge in [-0.05, 0) is 70.8 Å². The van der Waals surface area contributed by atoms with Crippen LogP contribution in [0.25, 0.3) is 0 Å². The zero-order valence-corrected chi connectivity index (χ0v) is 19.0. The van der Waals surface area contributed by atoms with Crippen LogP contribution in [0.5, 0.6) is 5.75 Å². The number of Topliss-reactive ketones (excluding diaryl/α,β-unsaturated/α-hetero) is 1. The maximum absolute atomic E-state index is 12.5. The number of likely N-dealkylation sites (tertiary alicyclic amines) is 1. The predicted octanol–water partition coefficient (Wildman–Crippen LogP) is 4.26. The van der Waals surface area contributed by atoms with Crippen LogP contribution >= 0.6 is 0 Å². The number of nitrogens with zero attached hydrogens (tertiary/aromatic N) is 2. The first-order chi connectivity index (χ1) is 14.0. The van der Waals surface area contributed by atoms with Gasteiger partial charge in [-0.3, -0.25) is 9.69 Å². The summed E-state index contributed by atoms with van der Waals surface area (Å²) in [7, 11) is 0. The van der Waals surface area contributed by atoms with E-state index in [1.54, 1.807) is 0 Å². The fraction of sp³-hybridized carbons (Fsp3) is 0.708. The molecule has 0 bridgehead atoms. The quantitative estimate of drug-likeness (QED) is 0.478. The number of carbonyl (C=O) groups is 1. The third-order valence-corrected chi connectivity index (χ3v) is 5.59. The van der Waals surface area contributed by atoms with Gasteiger partial charge in [0.2, 0.25) is 0 Å². The third-order valence-electron chi connectivity index (χ3n) is 5.59. The topological polar surface area (TPSA) is 42.0 Å². The van der Waals surface area contributed by atoms with Crippen molar-refractivity contribution < 1.29 is 14.3 Å². The van der Waals surface area contributed by atoms with E-state index >= 15 is 0 Å². The molecule has 0 aromatic heterocycles. The van der Waals surface area contributed by atoms with Crippen molar-refractivity contribution in [1.82, 2.24) is 9.80 Å². The van der Waals surface area contributed by atoms with Gasteiger partial charge in [-0.1, -0.05) is 13.8 Å². The molecule has 3 atom stereocenters. The molecule has 0 amide bonds. The number of rotatable bonds is 8. The number of morpholine rings is 1. The molecule has 1 aromatic carbocycles. The smallest absolute Gasteiger partial charge is 0.176 e. The highest BCUT2D eigenvalue weighted by Crippen LogP contribution is 2.18. The number of carbonyl (C=O) groups excluding carboxylic acids is 1. The maximum Gasteiger partial charge on any atom is 0.176 e. The average molecular weight is 405 g/mol. The second kappa shape index (κ2) is 12.3. The Hall–Kier alpha value is -1.43. The summed E-state index contributed by atoms with van der Waals surface area (Å²) in [5.41, 5.74) is 0.750. The van der Waals surface area contributed by atoms with Crippen molar-refractivity contribution in [2.75, 3.05) is 39.3 Å². The number of hydrogen-bond donors (Lipinski definition) is 0. The fourth-order valence-corrected chi connectivity index (χ4v) is 4.23. The van der Waals surface area contributed by atoms with Crippen molar-refractivity contribution in [2.24, 2.45) is 0 Å². The summed E-state index contributed by atoms with van der Waals surface area (Å²) in [6, 6.07) is 8.31. The molecule has 0 spiro atoms. The van der Waals surface area contributed by atoms with Crippen molar-refractivity contribution >= 4 is 5.78 Å². The lowest BCUT2D eigenvalue weighted by molar-refractivity contribution is -0.0652. The molecule has 1 aromatic rings. The van der Waals surface area contributed by atoms with E-state index in [-0.39, 0.29) is 18.0 Å². The van der Waals surface area contributed by atoms with Crippen LogP contribution in [0, 0.1) is 0 Å². The predicted molar refractivity (Wildman–Crippen MR) is 119 cm³/mol. The molecule has 5 heteroatoms. The van der Waals surface area contributed by atoms with Gasteiger partial charge in [-0.15, -0.1) is 0 Å². The minimum absolute atomic E-state index is 0.158. The minimum Gasteiger partial charge on any atom is -0.494 e. The zero-order chi connectivity index (χ0) is 21.2. The highest BCUT2D eigenvalue weighted by Gasteiger charge is 2.24. The largest absolute Gasteiger partial charge is 0.494 e. The molecule has 2 saturated heterocycles. The van der Waals surface area contributed by atoms with Gasteiger partial charge < -0.3 is 14.4 Å². The van der Waals surface area contributed by atoms with E-state index in [1.165, 1.54) is 19.4 Å². The molecule has 0 saturated carbocycles. The lowest BCUT2D eigenvalue weighted by atomic mass is 10.1. The number of hydrogen-bond acceptors (Lipinski definition) is 5. The summed E-state index contributed by atoms with van der Waals surface area (Å²) in [4.78, 5) is 17.3. The molecule has 0 aliphatic carbocycles. The molecule has 0 N–H and O–H groups in total. The second-order valence-electron chi connectivity index (χ2n) is 8.13. The molecule has 2 aliphatic rings. The highest BCUT2D eigenvalue weighted by molar-refractivity contribution is 5.97. The Morgan fingerprint density at radius 2 is 1.76 bits per heavy atom. The molecule has 0 unspecified atom stereocenters. The van der Waals surface area contributed by atoms with Crippen LogP contribution in [0.4, 0.5) is 0 Å². The normalized spacial score (nSPS) is 25.3. The van der Waals surface area contributed by atoms with Crippen molar-refractivity contribution in [3.8, 4) is 5.75 Å². The van der Waals surface area contributed by atoms with Crippen LogP contribution in [-0.2, 0) is 4.74 Å². The highest BCUT2D eigenvalue weighted by atomic mass is 16.5. The van der Waals surface area contributed by atoms with E-state index in [0.717, 1.165) is 44.0 Å². The van der Waals surface area contributed by atoms with E-state index in [2.05, 4.69) is 30.6 Å². The number of ketones is 1. The van der Waals surface area contributed by atoms with Crippen LogP contribution in [0.3, 0.4) is 0 Å². The lowest BCUT2D eigenvalue weighted by Gasteiger charge is -2.34. The zero-order valence-electron chi connectivity index (χ0n) is 19.0. The summed E-state index contributed by atoms with van der Waals surface area (Å²) in [5, 5.41) is 0. The molecular formula is C24H40N2O3. The van der Waals surface area contributed by atoms with Gasteiger partial charge >= 0.3 is 0 Å². The molecular weight excluding hydrogens is 364 g/mol. The third kappa shape index (κ3) is 7.72. The van der Waals surface area contributed by atoms with E-state index in [1.807, 2.05) is 38.1 Å². The van der Waals surface area contributed by atoms with Crippen molar-refractivity contribution in [1.29, 1.82) is 0 Å². The molecule has 2 heterocycles. The average Bonchev–Trinajstić information content (AvgIpc) is 3.11. The summed E-state index contributed by atoms with van der Waals surface area (Å²) < 4.78 is 11.6. The van der Waals surface area contributed by atoms with E-state index < -0.39 is 0 Å². The van der Waals surface area contributed by atoms with Gasteiger partial charge in [-0.25, -0.2) is 0 Å². The first-order valence-corrected chi connectivity index (χ1v) is 11.4. The van der Waals surface area contributed by atoms with E-state index in [0.29, 0.717) is 12.6 Å².